The van der Waals surface area contributed by atoms with Crippen LogP contribution in [0.25, 0.3) is 22.6 Å². The minimum atomic E-state index is -0.772. The van der Waals surface area contributed by atoms with Crippen LogP contribution in [0.5, 0.6) is 0 Å². The van der Waals surface area contributed by atoms with Crippen molar-refractivity contribution in [2.24, 2.45) is 0 Å². The highest BCUT2D eigenvalue weighted by atomic mass is 35.5. The topological polar surface area (TPSA) is 26.0 Å². The molecule has 2 aromatic carbocycles. The lowest BCUT2D eigenvalue weighted by Crippen LogP contribution is -1.79. The number of nitrogens with zero attached hydrogens (tertiary/aromatic N) is 1. The molecule has 3 rings (SSSR count). The molecule has 0 saturated carbocycles. The van der Waals surface area contributed by atoms with E-state index in [0.29, 0.717) is 10.6 Å². The molecular formula is C13H6ClF2NO. The summed E-state index contributed by atoms with van der Waals surface area (Å²) in [5.41, 5.74) is 0.687. The Morgan fingerprint density at radius 1 is 1.11 bits per heavy atom. The maximum absolute atomic E-state index is 13.5. The Balaban J connectivity index is 2.22. The van der Waals surface area contributed by atoms with Crippen molar-refractivity contribution in [2.45, 2.75) is 0 Å². The lowest BCUT2D eigenvalue weighted by molar-refractivity contribution is 0.550. The molecule has 18 heavy (non-hydrogen) atoms. The van der Waals surface area contributed by atoms with Crippen LogP contribution in [-0.2, 0) is 0 Å². The van der Waals surface area contributed by atoms with Crippen LogP contribution in [0, 0.1) is 11.6 Å². The zero-order valence-electron chi connectivity index (χ0n) is 8.95. The summed E-state index contributed by atoms with van der Waals surface area (Å²) in [7, 11) is 0. The molecular weight excluding hydrogens is 260 g/mol. The van der Waals surface area contributed by atoms with E-state index in [1.54, 1.807) is 24.3 Å². The maximum atomic E-state index is 13.5. The molecule has 0 saturated heterocycles. The molecule has 0 aliphatic carbocycles. The second-order valence-corrected chi connectivity index (χ2v) is 4.20. The Kier molecular flexibility index (Phi) is 2.52. The van der Waals surface area contributed by atoms with E-state index in [-0.39, 0.29) is 17.0 Å². The summed E-state index contributed by atoms with van der Waals surface area (Å²) in [6.45, 7) is 0. The fourth-order valence-electron chi connectivity index (χ4n) is 1.70. The predicted octanol–water partition coefficient (Wildman–Crippen LogP) is 4.43. The quantitative estimate of drug-likeness (QED) is 0.651. The molecule has 0 bridgehead atoms. The highest BCUT2D eigenvalue weighted by molar-refractivity contribution is 6.30. The number of benzene rings is 2. The van der Waals surface area contributed by atoms with Gasteiger partial charge in [0.15, 0.2) is 11.4 Å². The highest BCUT2D eigenvalue weighted by Crippen LogP contribution is 2.28. The van der Waals surface area contributed by atoms with Crippen molar-refractivity contribution < 1.29 is 13.2 Å². The van der Waals surface area contributed by atoms with Crippen LogP contribution in [0.15, 0.2) is 40.8 Å². The van der Waals surface area contributed by atoms with Crippen molar-refractivity contribution in [2.75, 3.05) is 0 Å². The SMILES string of the molecule is Fc1cc(F)c2oc(-c3cccc(Cl)c3)nc2c1. The first-order valence-electron chi connectivity index (χ1n) is 5.15. The van der Waals surface area contributed by atoms with Crippen molar-refractivity contribution in [3.05, 3.63) is 53.1 Å². The van der Waals surface area contributed by atoms with Crippen molar-refractivity contribution in [1.82, 2.24) is 4.98 Å². The molecule has 0 radical (unpaired) electrons. The van der Waals surface area contributed by atoms with Crippen LogP contribution in [0.2, 0.25) is 5.02 Å². The van der Waals surface area contributed by atoms with Crippen molar-refractivity contribution in [3.63, 3.8) is 0 Å². The summed E-state index contributed by atoms with van der Waals surface area (Å²) in [6, 6.07) is 8.67. The second-order valence-electron chi connectivity index (χ2n) is 3.77. The molecule has 1 heterocycles. The molecule has 3 aromatic rings. The van der Waals surface area contributed by atoms with E-state index in [1.165, 1.54) is 0 Å². The standard InChI is InChI=1S/C13H6ClF2NO/c14-8-3-1-2-7(4-8)13-17-11-6-9(15)5-10(16)12(11)18-13/h1-6H. The van der Waals surface area contributed by atoms with Gasteiger partial charge in [0.1, 0.15) is 11.3 Å². The van der Waals surface area contributed by atoms with E-state index in [2.05, 4.69) is 4.98 Å². The average Bonchev–Trinajstić information content (AvgIpc) is 2.73. The zero-order chi connectivity index (χ0) is 12.7. The third-order valence-electron chi connectivity index (χ3n) is 2.48. The lowest BCUT2D eigenvalue weighted by Gasteiger charge is -1.94. The second kappa shape index (κ2) is 4.07. The van der Waals surface area contributed by atoms with Gasteiger partial charge in [0.05, 0.1) is 0 Å². The van der Waals surface area contributed by atoms with Gasteiger partial charge in [-0.1, -0.05) is 17.7 Å². The number of hydrogen-bond donors (Lipinski definition) is 0. The first-order chi connectivity index (χ1) is 8.63. The highest BCUT2D eigenvalue weighted by Gasteiger charge is 2.13. The Hall–Kier alpha value is -1.94. The van der Waals surface area contributed by atoms with Crippen molar-refractivity contribution in [3.8, 4) is 11.5 Å². The van der Waals surface area contributed by atoms with Crippen LogP contribution < -0.4 is 0 Å². The average molecular weight is 266 g/mol. The van der Waals surface area contributed by atoms with Gasteiger partial charge in [-0.25, -0.2) is 13.8 Å². The number of fused-ring (bicyclic) bond motifs is 1. The van der Waals surface area contributed by atoms with Crippen LogP contribution in [-0.4, -0.2) is 4.98 Å². The summed E-state index contributed by atoms with van der Waals surface area (Å²) in [5, 5.41) is 0.515. The fraction of sp³-hybridized carbons (Fsp3) is 0. The van der Waals surface area contributed by atoms with Crippen LogP contribution in [0.1, 0.15) is 0 Å². The fourth-order valence-corrected chi connectivity index (χ4v) is 1.90. The summed E-state index contributed by atoms with van der Waals surface area (Å²) < 4.78 is 31.8. The molecule has 2 nitrogen and oxygen atoms in total. The van der Waals surface area contributed by atoms with E-state index in [4.69, 9.17) is 16.0 Å². The van der Waals surface area contributed by atoms with Crippen molar-refractivity contribution in [1.29, 1.82) is 0 Å². The number of halogens is 3. The molecule has 90 valence electrons. The summed E-state index contributed by atoms with van der Waals surface area (Å²) in [6.07, 6.45) is 0. The van der Waals surface area contributed by atoms with E-state index < -0.39 is 11.6 Å². The third kappa shape index (κ3) is 1.84. The molecule has 0 atom stereocenters. The molecule has 0 aliphatic heterocycles. The Morgan fingerprint density at radius 3 is 2.72 bits per heavy atom. The molecule has 1 aromatic heterocycles. The molecule has 0 aliphatic rings. The summed E-state index contributed by atoms with van der Waals surface area (Å²) in [4.78, 5) is 4.04. The van der Waals surface area contributed by atoms with Crippen LogP contribution in [0.4, 0.5) is 8.78 Å². The first kappa shape index (κ1) is 11.2. The Labute approximate surface area is 106 Å². The molecule has 0 unspecified atom stereocenters. The first-order valence-corrected chi connectivity index (χ1v) is 5.53. The van der Waals surface area contributed by atoms with Crippen LogP contribution >= 0.6 is 11.6 Å². The van der Waals surface area contributed by atoms with Gasteiger partial charge in [0, 0.05) is 22.7 Å². The van der Waals surface area contributed by atoms with E-state index in [0.717, 1.165) is 12.1 Å². The van der Waals surface area contributed by atoms with E-state index >= 15 is 0 Å². The third-order valence-corrected chi connectivity index (χ3v) is 2.72. The molecule has 5 heteroatoms. The number of rotatable bonds is 1. The van der Waals surface area contributed by atoms with E-state index in [9.17, 15) is 8.78 Å². The minimum absolute atomic E-state index is 0.0635. The Morgan fingerprint density at radius 2 is 1.94 bits per heavy atom. The molecule has 0 N–H and O–H groups in total. The summed E-state index contributed by atoms with van der Waals surface area (Å²) >= 11 is 5.85. The van der Waals surface area contributed by atoms with Gasteiger partial charge in [-0.2, -0.15) is 0 Å². The number of oxazole rings is 1. The van der Waals surface area contributed by atoms with Gasteiger partial charge in [0.2, 0.25) is 5.89 Å². The zero-order valence-corrected chi connectivity index (χ0v) is 9.71. The molecule has 0 fully saturated rings. The van der Waals surface area contributed by atoms with E-state index in [1.807, 2.05) is 0 Å². The van der Waals surface area contributed by atoms with Gasteiger partial charge in [-0.3, -0.25) is 0 Å². The Bertz CT molecular complexity index is 739. The maximum Gasteiger partial charge on any atom is 0.227 e. The number of hydrogen-bond acceptors (Lipinski definition) is 2. The monoisotopic (exact) mass is 265 g/mol. The van der Waals surface area contributed by atoms with Gasteiger partial charge in [-0.05, 0) is 18.2 Å². The van der Waals surface area contributed by atoms with Gasteiger partial charge >= 0.3 is 0 Å². The smallest absolute Gasteiger partial charge is 0.227 e. The normalized spacial score (nSPS) is 11.1. The lowest BCUT2D eigenvalue weighted by atomic mass is 10.2. The largest absolute Gasteiger partial charge is 0.433 e. The minimum Gasteiger partial charge on any atom is -0.433 e. The van der Waals surface area contributed by atoms with Gasteiger partial charge in [-0.15, -0.1) is 0 Å². The summed E-state index contributed by atoms with van der Waals surface area (Å²) in [5.74, 6) is -1.26. The number of aromatic nitrogens is 1. The van der Waals surface area contributed by atoms with Crippen LogP contribution in [0.3, 0.4) is 0 Å². The van der Waals surface area contributed by atoms with Gasteiger partial charge < -0.3 is 4.42 Å². The predicted molar refractivity (Wildman–Crippen MR) is 64.4 cm³/mol. The molecule has 0 amide bonds. The van der Waals surface area contributed by atoms with Gasteiger partial charge in [0.25, 0.3) is 0 Å². The molecule has 0 spiro atoms. The van der Waals surface area contributed by atoms with Crippen molar-refractivity contribution >= 4 is 22.7 Å².